The minimum atomic E-state index is -1.11. The van der Waals surface area contributed by atoms with Gasteiger partial charge in [-0.1, -0.05) is 26.0 Å². The molecule has 0 aromatic rings. The molecular weight excluding hydrogens is 472 g/mol. The number of nitrogens with zero attached hydrogens (tertiary/aromatic N) is 2. The van der Waals surface area contributed by atoms with Gasteiger partial charge >= 0.3 is 5.97 Å². The van der Waals surface area contributed by atoms with Crippen LogP contribution in [0.5, 0.6) is 0 Å². The number of ether oxygens (including phenoxy) is 2. The third-order valence-corrected chi connectivity index (χ3v) is 8.03. The van der Waals surface area contributed by atoms with E-state index in [1.54, 1.807) is 15.9 Å². The summed E-state index contributed by atoms with van der Waals surface area (Å²) in [5.74, 6) is -2.31. The number of allylic oxidation sites excluding steroid dienone is 1. The average Bonchev–Trinajstić information content (AvgIpc) is 3.47. The Bertz CT molecular complexity index is 880. The second-order valence-electron chi connectivity index (χ2n) is 12.1. The van der Waals surface area contributed by atoms with Crippen molar-refractivity contribution in [3.63, 3.8) is 0 Å². The Hall–Kier alpha value is -2.19. The maximum Gasteiger partial charge on any atom is 0.312 e. The van der Waals surface area contributed by atoms with Crippen LogP contribution in [-0.4, -0.2) is 81.8 Å². The molecule has 208 valence electrons. The first kappa shape index (κ1) is 29.4. The zero-order valence-corrected chi connectivity index (χ0v) is 23.3. The van der Waals surface area contributed by atoms with E-state index in [0.717, 1.165) is 19.3 Å². The third-order valence-electron chi connectivity index (χ3n) is 8.03. The molecule has 2 bridgehead atoms. The summed E-state index contributed by atoms with van der Waals surface area (Å²) in [4.78, 5) is 45.0. The number of fused-ring (bicyclic) bond motifs is 1. The second kappa shape index (κ2) is 11.7. The van der Waals surface area contributed by atoms with Crippen LogP contribution in [0.25, 0.3) is 0 Å². The molecule has 0 aliphatic carbocycles. The van der Waals surface area contributed by atoms with Gasteiger partial charge in [0.25, 0.3) is 0 Å². The molecule has 0 saturated carbocycles. The Morgan fingerprint density at radius 1 is 1.27 bits per heavy atom. The molecule has 8 nitrogen and oxygen atoms in total. The van der Waals surface area contributed by atoms with Crippen LogP contribution in [0.4, 0.5) is 0 Å². The van der Waals surface area contributed by atoms with Crippen molar-refractivity contribution >= 4 is 17.8 Å². The highest BCUT2D eigenvalue weighted by Gasteiger charge is 2.75. The van der Waals surface area contributed by atoms with Gasteiger partial charge in [0.2, 0.25) is 11.8 Å². The molecule has 37 heavy (non-hydrogen) atoms. The van der Waals surface area contributed by atoms with Gasteiger partial charge in [0, 0.05) is 12.1 Å². The van der Waals surface area contributed by atoms with Crippen molar-refractivity contribution in [2.75, 3.05) is 19.8 Å². The fraction of sp³-hybridized carbons (Fsp3) is 0.759. The van der Waals surface area contributed by atoms with Crippen LogP contribution >= 0.6 is 0 Å². The number of aliphatic hydroxyl groups excluding tert-OH is 1. The Morgan fingerprint density at radius 2 is 1.97 bits per heavy atom. The van der Waals surface area contributed by atoms with Gasteiger partial charge in [-0.3, -0.25) is 14.4 Å². The number of hydrogen-bond donors (Lipinski definition) is 1. The maximum atomic E-state index is 14.3. The van der Waals surface area contributed by atoms with Crippen LogP contribution in [0.2, 0.25) is 0 Å². The van der Waals surface area contributed by atoms with Crippen molar-refractivity contribution in [2.24, 2.45) is 17.8 Å². The van der Waals surface area contributed by atoms with Gasteiger partial charge in [0.15, 0.2) is 0 Å². The minimum Gasteiger partial charge on any atom is -0.465 e. The van der Waals surface area contributed by atoms with E-state index in [1.165, 1.54) is 0 Å². The largest absolute Gasteiger partial charge is 0.465 e. The molecule has 3 heterocycles. The monoisotopic (exact) mass is 518 g/mol. The number of hydrogen-bond acceptors (Lipinski definition) is 6. The van der Waals surface area contributed by atoms with Gasteiger partial charge < -0.3 is 24.4 Å². The number of rotatable bonds is 13. The second-order valence-corrected chi connectivity index (χ2v) is 12.1. The van der Waals surface area contributed by atoms with Crippen LogP contribution in [0.15, 0.2) is 25.3 Å². The van der Waals surface area contributed by atoms with E-state index in [4.69, 9.17) is 9.47 Å². The summed E-state index contributed by atoms with van der Waals surface area (Å²) in [7, 11) is 0. The zero-order chi connectivity index (χ0) is 27.5. The molecule has 1 N–H and O–H groups in total. The highest BCUT2D eigenvalue weighted by molar-refractivity contribution is 5.98. The lowest BCUT2D eigenvalue weighted by molar-refractivity contribution is -0.157. The van der Waals surface area contributed by atoms with E-state index >= 15 is 0 Å². The molecule has 2 unspecified atom stereocenters. The third kappa shape index (κ3) is 5.51. The standard InChI is InChI=1S/C29H46N2O6/c1-8-10-11-12-16-36-27(35)22-21-13-14-29(37-21)23(22)25(33)31(20(18-32)17-19(3)4)24(29)26(34)30(15-9-2)28(5,6)7/h8-9,19-24,32H,1-2,10-18H2,3-7H3/t20-,21+,22-,23+,24?,29?/m1/s1. The van der Waals surface area contributed by atoms with Crippen LogP contribution in [-0.2, 0) is 23.9 Å². The van der Waals surface area contributed by atoms with E-state index in [2.05, 4.69) is 13.2 Å². The number of aliphatic hydroxyl groups is 1. The summed E-state index contributed by atoms with van der Waals surface area (Å²) in [5.41, 5.74) is -1.64. The molecule has 3 rings (SSSR count). The fourth-order valence-corrected chi connectivity index (χ4v) is 6.48. The fourth-order valence-electron chi connectivity index (χ4n) is 6.48. The van der Waals surface area contributed by atoms with Crippen LogP contribution in [0.3, 0.4) is 0 Å². The Balaban J connectivity index is 2.00. The van der Waals surface area contributed by atoms with Crippen molar-refractivity contribution in [2.45, 2.75) is 102 Å². The molecule has 2 amide bonds. The molecule has 0 aromatic carbocycles. The van der Waals surface area contributed by atoms with Gasteiger partial charge in [-0.15, -0.1) is 13.2 Å². The van der Waals surface area contributed by atoms with Crippen LogP contribution < -0.4 is 0 Å². The number of esters is 1. The molecule has 0 radical (unpaired) electrons. The van der Waals surface area contributed by atoms with Crippen molar-refractivity contribution < 1.29 is 29.0 Å². The van der Waals surface area contributed by atoms with E-state index < -0.39 is 47.1 Å². The molecule has 8 heteroatoms. The predicted molar refractivity (Wildman–Crippen MR) is 141 cm³/mol. The molecule has 6 atom stereocenters. The van der Waals surface area contributed by atoms with Gasteiger partial charge in [0.05, 0.1) is 37.2 Å². The lowest BCUT2D eigenvalue weighted by Crippen LogP contribution is -2.61. The van der Waals surface area contributed by atoms with Gasteiger partial charge in [0.1, 0.15) is 11.6 Å². The zero-order valence-electron chi connectivity index (χ0n) is 23.3. The normalized spacial score (nSPS) is 29.4. The quantitative estimate of drug-likeness (QED) is 0.228. The number of carbonyl (C=O) groups is 3. The average molecular weight is 519 g/mol. The Morgan fingerprint density at radius 3 is 2.54 bits per heavy atom. The molecule has 3 fully saturated rings. The van der Waals surface area contributed by atoms with E-state index in [9.17, 15) is 19.5 Å². The van der Waals surface area contributed by atoms with Crippen LogP contribution in [0.1, 0.15) is 73.1 Å². The number of amides is 2. The lowest BCUT2D eigenvalue weighted by atomic mass is 9.70. The highest BCUT2D eigenvalue weighted by Crippen LogP contribution is 2.59. The van der Waals surface area contributed by atoms with Gasteiger partial charge in [-0.2, -0.15) is 0 Å². The van der Waals surface area contributed by atoms with E-state index in [1.807, 2.05) is 40.7 Å². The number of likely N-dealkylation sites (tertiary alicyclic amines) is 1. The van der Waals surface area contributed by atoms with Crippen LogP contribution in [0, 0.1) is 17.8 Å². The van der Waals surface area contributed by atoms with Gasteiger partial charge in [-0.25, -0.2) is 0 Å². The van der Waals surface area contributed by atoms with Crippen molar-refractivity contribution in [3.8, 4) is 0 Å². The summed E-state index contributed by atoms with van der Waals surface area (Å²) >= 11 is 0. The summed E-state index contributed by atoms with van der Waals surface area (Å²) < 4.78 is 12.1. The molecule has 1 spiro atoms. The van der Waals surface area contributed by atoms with Crippen molar-refractivity contribution in [1.29, 1.82) is 0 Å². The summed E-state index contributed by atoms with van der Waals surface area (Å²) in [6, 6.07) is -1.47. The highest BCUT2D eigenvalue weighted by atomic mass is 16.6. The lowest BCUT2D eigenvalue weighted by Gasteiger charge is -2.43. The van der Waals surface area contributed by atoms with E-state index in [-0.39, 0.29) is 30.9 Å². The maximum absolute atomic E-state index is 14.3. The number of carbonyl (C=O) groups excluding carboxylic acids is 3. The molecule has 3 aliphatic rings. The summed E-state index contributed by atoms with van der Waals surface area (Å²) in [6.07, 6.45) is 7.13. The molecule has 3 aliphatic heterocycles. The minimum absolute atomic E-state index is 0.194. The first-order valence-electron chi connectivity index (χ1n) is 13.7. The first-order chi connectivity index (χ1) is 17.4. The summed E-state index contributed by atoms with van der Waals surface area (Å²) in [6.45, 7) is 17.7. The van der Waals surface area contributed by atoms with Crippen molar-refractivity contribution in [3.05, 3.63) is 25.3 Å². The SMILES string of the molecule is C=CCCCCOC(=O)[C@@H]1[C@@H]2CCC3(O2)C(C(=O)N(CC=C)C(C)(C)C)N([C@@H](CO)CC(C)C)C(=O)[C@H]13. The topological polar surface area (TPSA) is 96.4 Å². The molecular formula is C29H46N2O6. The predicted octanol–water partition coefficient (Wildman–Crippen LogP) is 3.48. The molecule has 0 aromatic heterocycles. The van der Waals surface area contributed by atoms with Gasteiger partial charge in [-0.05, 0) is 65.2 Å². The smallest absolute Gasteiger partial charge is 0.312 e. The summed E-state index contributed by atoms with van der Waals surface area (Å²) in [5, 5.41) is 10.4. The Labute approximate surface area is 222 Å². The van der Waals surface area contributed by atoms with Crippen molar-refractivity contribution in [1.82, 2.24) is 9.80 Å². The Kier molecular flexibility index (Phi) is 9.27. The molecule has 3 saturated heterocycles. The van der Waals surface area contributed by atoms with E-state index in [0.29, 0.717) is 25.8 Å². The number of unbranched alkanes of at least 4 members (excludes halogenated alkanes) is 2. The first-order valence-corrected chi connectivity index (χ1v) is 13.7.